The molecule has 0 radical (unpaired) electrons. The first kappa shape index (κ1) is 12.0. The fourth-order valence-electron chi connectivity index (χ4n) is 2.29. The second-order valence-corrected chi connectivity index (χ2v) is 5.09. The van der Waals surface area contributed by atoms with Crippen LogP contribution in [0.25, 0.3) is 0 Å². The van der Waals surface area contributed by atoms with E-state index in [1.54, 1.807) is 0 Å². The van der Waals surface area contributed by atoms with Gasteiger partial charge in [0.1, 0.15) is 0 Å². The molecule has 5 nitrogen and oxygen atoms in total. The summed E-state index contributed by atoms with van der Waals surface area (Å²) in [5.74, 6) is 0. The minimum atomic E-state index is -0.194. The van der Waals surface area contributed by atoms with Gasteiger partial charge in [-0.3, -0.25) is 0 Å². The standard InChI is InChI=1S/C12H20N4O/c1-12(2,5-6-13)16-8-10(15-11(16)17)9-4-3-7-14-9/h3-4,7,10,14H,5-6,8,13H2,1-2H3,(H,15,17). The van der Waals surface area contributed by atoms with E-state index in [2.05, 4.69) is 24.1 Å². The van der Waals surface area contributed by atoms with Gasteiger partial charge >= 0.3 is 6.03 Å². The molecular weight excluding hydrogens is 216 g/mol. The zero-order valence-corrected chi connectivity index (χ0v) is 10.4. The van der Waals surface area contributed by atoms with E-state index in [9.17, 15) is 4.79 Å². The molecule has 2 rings (SSSR count). The van der Waals surface area contributed by atoms with E-state index in [1.807, 2.05) is 23.2 Å². The van der Waals surface area contributed by atoms with Crippen molar-refractivity contribution in [1.82, 2.24) is 15.2 Å². The number of nitrogens with two attached hydrogens (primary N) is 1. The summed E-state index contributed by atoms with van der Waals surface area (Å²) < 4.78 is 0. The van der Waals surface area contributed by atoms with Gasteiger partial charge < -0.3 is 20.9 Å². The highest BCUT2D eigenvalue weighted by Crippen LogP contribution is 2.27. The van der Waals surface area contributed by atoms with E-state index in [0.717, 1.165) is 12.1 Å². The third-order valence-corrected chi connectivity index (χ3v) is 3.39. The Bertz CT molecular complexity index is 385. The first-order valence-electron chi connectivity index (χ1n) is 5.96. The Labute approximate surface area is 101 Å². The predicted octanol–water partition coefficient (Wildman–Crippen LogP) is 1.21. The molecule has 1 aliphatic heterocycles. The average Bonchev–Trinajstić information content (AvgIpc) is 2.85. The molecule has 0 saturated carbocycles. The molecule has 17 heavy (non-hydrogen) atoms. The quantitative estimate of drug-likeness (QED) is 0.735. The molecule has 2 amide bonds. The van der Waals surface area contributed by atoms with Crippen molar-refractivity contribution >= 4 is 6.03 Å². The molecule has 1 aromatic heterocycles. The van der Waals surface area contributed by atoms with Crippen molar-refractivity contribution in [2.45, 2.75) is 31.8 Å². The number of nitrogens with zero attached hydrogens (tertiary/aromatic N) is 1. The normalized spacial score (nSPS) is 20.8. The van der Waals surface area contributed by atoms with Gasteiger partial charge in [-0.2, -0.15) is 0 Å². The lowest BCUT2D eigenvalue weighted by Crippen LogP contribution is -2.46. The zero-order valence-electron chi connectivity index (χ0n) is 10.4. The number of amides is 2. The molecule has 1 unspecified atom stereocenters. The van der Waals surface area contributed by atoms with Crippen molar-refractivity contribution in [3.8, 4) is 0 Å². The van der Waals surface area contributed by atoms with Gasteiger partial charge in [-0.05, 0) is 38.9 Å². The molecular formula is C12H20N4O. The van der Waals surface area contributed by atoms with Crippen LogP contribution in [0.5, 0.6) is 0 Å². The van der Waals surface area contributed by atoms with Crippen LogP contribution >= 0.6 is 0 Å². The molecule has 0 spiro atoms. The Morgan fingerprint density at radius 2 is 2.35 bits per heavy atom. The second kappa shape index (κ2) is 4.41. The number of urea groups is 1. The fourth-order valence-corrected chi connectivity index (χ4v) is 2.29. The molecule has 0 aliphatic carbocycles. The second-order valence-electron chi connectivity index (χ2n) is 5.09. The Kier molecular flexibility index (Phi) is 3.11. The van der Waals surface area contributed by atoms with Crippen molar-refractivity contribution in [1.29, 1.82) is 0 Å². The summed E-state index contributed by atoms with van der Waals surface area (Å²) in [5.41, 5.74) is 6.44. The van der Waals surface area contributed by atoms with Crippen molar-refractivity contribution in [2.24, 2.45) is 5.73 Å². The maximum atomic E-state index is 12.0. The molecule has 2 heterocycles. The van der Waals surface area contributed by atoms with Crippen LogP contribution in [0.15, 0.2) is 18.3 Å². The highest BCUT2D eigenvalue weighted by Gasteiger charge is 2.38. The Morgan fingerprint density at radius 3 is 2.94 bits per heavy atom. The summed E-state index contributed by atoms with van der Waals surface area (Å²) in [5, 5.41) is 2.99. The number of hydrogen-bond acceptors (Lipinski definition) is 2. The van der Waals surface area contributed by atoms with Crippen LogP contribution in [0.1, 0.15) is 32.0 Å². The Balaban J connectivity index is 2.10. The smallest absolute Gasteiger partial charge is 0.318 e. The van der Waals surface area contributed by atoms with Crippen LogP contribution in [-0.2, 0) is 0 Å². The number of aromatic amines is 1. The molecule has 1 aromatic rings. The van der Waals surface area contributed by atoms with Gasteiger partial charge in [0, 0.05) is 24.0 Å². The van der Waals surface area contributed by atoms with E-state index in [0.29, 0.717) is 13.1 Å². The van der Waals surface area contributed by atoms with Crippen LogP contribution < -0.4 is 11.1 Å². The van der Waals surface area contributed by atoms with Gasteiger partial charge in [-0.15, -0.1) is 0 Å². The minimum Gasteiger partial charge on any atom is -0.363 e. The van der Waals surface area contributed by atoms with Crippen LogP contribution in [0.3, 0.4) is 0 Å². The lowest BCUT2D eigenvalue weighted by Gasteiger charge is -2.34. The van der Waals surface area contributed by atoms with E-state index in [1.165, 1.54) is 0 Å². The maximum Gasteiger partial charge on any atom is 0.318 e. The van der Waals surface area contributed by atoms with Gasteiger partial charge in [0.25, 0.3) is 0 Å². The highest BCUT2D eigenvalue weighted by molar-refractivity contribution is 5.78. The first-order valence-corrected chi connectivity index (χ1v) is 5.96. The molecule has 4 N–H and O–H groups in total. The van der Waals surface area contributed by atoms with Gasteiger partial charge in [-0.1, -0.05) is 0 Å². The van der Waals surface area contributed by atoms with Crippen molar-refractivity contribution in [2.75, 3.05) is 13.1 Å². The van der Waals surface area contributed by atoms with Crippen LogP contribution in [0, 0.1) is 0 Å². The minimum absolute atomic E-state index is 0.0111. The van der Waals surface area contributed by atoms with Gasteiger partial charge in [0.15, 0.2) is 0 Å². The van der Waals surface area contributed by atoms with Crippen LogP contribution in [-0.4, -0.2) is 34.5 Å². The van der Waals surface area contributed by atoms with Crippen molar-refractivity contribution in [3.63, 3.8) is 0 Å². The summed E-state index contributed by atoms with van der Waals surface area (Å²) in [6.07, 6.45) is 2.67. The lowest BCUT2D eigenvalue weighted by molar-refractivity contribution is 0.153. The molecule has 0 bridgehead atoms. The number of carbonyl (C=O) groups is 1. The number of rotatable bonds is 4. The Hall–Kier alpha value is -1.49. The molecule has 1 saturated heterocycles. The van der Waals surface area contributed by atoms with Gasteiger partial charge in [0.05, 0.1) is 6.04 Å². The number of aromatic nitrogens is 1. The third kappa shape index (κ3) is 2.29. The number of H-pyrrole nitrogens is 1. The highest BCUT2D eigenvalue weighted by atomic mass is 16.2. The number of hydrogen-bond donors (Lipinski definition) is 3. The third-order valence-electron chi connectivity index (χ3n) is 3.39. The van der Waals surface area contributed by atoms with Gasteiger partial charge in [-0.25, -0.2) is 4.79 Å². The van der Waals surface area contributed by atoms with Crippen molar-refractivity contribution < 1.29 is 4.79 Å². The molecule has 1 fully saturated rings. The molecule has 0 aromatic carbocycles. The average molecular weight is 236 g/mol. The lowest BCUT2D eigenvalue weighted by atomic mass is 9.98. The molecule has 5 heteroatoms. The molecule has 94 valence electrons. The summed E-state index contributed by atoms with van der Waals surface area (Å²) in [6.45, 7) is 5.38. The van der Waals surface area contributed by atoms with Gasteiger partial charge in [0.2, 0.25) is 0 Å². The number of carbonyl (C=O) groups excluding carboxylic acids is 1. The summed E-state index contributed by atoms with van der Waals surface area (Å²) in [6, 6.07) is 3.97. The summed E-state index contributed by atoms with van der Waals surface area (Å²) >= 11 is 0. The van der Waals surface area contributed by atoms with E-state index in [-0.39, 0.29) is 17.6 Å². The van der Waals surface area contributed by atoms with Crippen molar-refractivity contribution in [3.05, 3.63) is 24.0 Å². The summed E-state index contributed by atoms with van der Waals surface area (Å²) in [7, 11) is 0. The SMILES string of the molecule is CC(C)(CCN)N1CC(c2ccc[nH]2)NC1=O. The van der Waals surface area contributed by atoms with E-state index in [4.69, 9.17) is 5.73 Å². The van der Waals surface area contributed by atoms with E-state index >= 15 is 0 Å². The monoisotopic (exact) mass is 236 g/mol. The van der Waals surface area contributed by atoms with Crippen LogP contribution in [0.2, 0.25) is 0 Å². The fraction of sp³-hybridized carbons (Fsp3) is 0.583. The summed E-state index contributed by atoms with van der Waals surface area (Å²) in [4.78, 5) is 17.0. The largest absolute Gasteiger partial charge is 0.363 e. The topological polar surface area (TPSA) is 74.2 Å². The van der Waals surface area contributed by atoms with E-state index < -0.39 is 0 Å². The van der Waals surface area contributed by atoms with Crippen LogP contribution in [0.4, 0.5) is 4.79 Å². The predicted molar refractivity (Wildman–Crippen MR) is 66.5 cm³/mol. The first-order chi connectivity index (χ1) is 8.04. The molecule has 1 aliphatic rings. The number of nitrogens with one attached hydrogen (secondary N) is 2. The maximum absolute atomic E-state index is 12.0. The molecule has 1 atom stereocenters. The zero-order chi connectivity index (χ0) is 12.5. The Morgan fingerprint density at radius 1 is 1.59 bits per heavy atom.